The van der Waals surface area contributed by atoms with Crippen LogP contribution < -0.4 is 15.5 Å². The highest BCUT2D eigenvalue weighted by Gasteiger charge is 2.14. The number of hydrogen-bond acceptors (Lipinski definition) is 6. The summed E-state index contributed by atoms with van der Waals surface area (Å²) in [5.41, 5.74) is 1.01. The molecular weight excluding hydrogens is 330 g/mol. The molecule has 138 valence electrons. The number of benzene rings is 1. The largest absolute Gasteiger partial charge is 0.378 e. The van der Waals surface area contributed by atoms with E-state index in [2.05, 4.69) is 25.5 Å². The number of carbonyl (C=O) groups is 1. The molecule has 0 unspecified atom stereocenters. The van der Waals surface area contributed by atoms with Gasteiger partial charge in [-0.3, -0.25) is 4.79 Å². The summed E-state index contributed by atoms with van der Waals surface area (Å²) < 4.78 is 5.39. The van der Waals surface area contributed by atoms with E-state index in [1.165, 1.54) is 0 Å². The number of anilines is 2. The molecule has 0 radical (unpaired) electrons. The lowest BCUT2D eigenvalue weighted by Gasteiger charge is -2.28. The van der Waals surface area contributed by atoms with E-state index in [4.69, 9.17) is 4.74 Å². The van der Waals surface area contributed by atoms with E-state index >= 15 is 0 Å². The second-order valence-corrected chi connectivity index (χ2v) is 6.20. The third-order valence-corrected chi connectivity index (χ3v) is 4.12. The fraction of sp³-hybridized carbons (Fsp3) is 0.421. The van der Waals surface area contributed by atoms with E-state index in [1.54, 1.807) is 0 Å². The molecule has 0 aliphatic carbocycles. The van der Waals surface area contributed by atoms with Crippen LogP contribution in [-0.2, 0) is 16.0 Å². The van der Waals surface area contributed by atoms with Gasteiger partial charge in [0.1, 0.15) is 17.5 Å². The number of rotatable bonds is 7. The third kappa shape index (κ3) is 5.42. The van der Waals surface area contributed by atoms with Crippen LogP contribution in [0.3, 0.4) is 0 Å². The highest BCUT2D eigenvalue weighted by atomic mass is 16.5. The highest BCUT2D eigenvalue weighted by Crippen LogP contribution is 2.16. The lowest BCUT2D eigenvalue weighted by molar-refractivity contribution is -0.120. The van der Waals surface area contributed by atoms with E-state index in [0.29, 0.717) is 19.5 Å². The van der Waals surface area contributed by atoms with Crippen molar-refractivity contribution in [3.8, 4) is 0 Å². The van der Waals surface area contributed by atoms with Crippen molar-refractivity contribution < 1.29 is 9.53 Å². The molecule has 1 aromatic heterocycles. The molecule has 3 rings (SSSR count). The molecule has 2 aromatic rings. The van der Waals surface area contributed by atoms with Crippen LogP contribution in [-0.4, -0.2) is 55.3 Å². The zero-order chi connectivity index (χ0) is 18.2. The van der Waals surface area contributed by atoms with E-state index in [0.717, 1.165) is 49.3 Å². The molecule has 0 saturated carbocycles. The first kappa shape index (κ1) is 18.1. The van der Waals surface area contributed by atoms with Gasteiger partial charge in [0.05, 0.1) is 19.6 Å². The Bertz CT molecular complexity index is 717. The summed E-state index contributed by atoms with van der Waals surface area (Å²) in [7, 11) is 0. The predicted molar refractivity (Wildman–Crippen MR) is 101 cm³/mol. The first-order valence-corrected chi connectivity index (χ1v) is 8.93. The summed E-state index contributed by atoms with van der Waals surface area (Å²) in [6, 6.07) is 11.7. The summed E-state index contributed by atoms with van der Waals surface area (Å²) in [5, 5.41) is 6.18. The number of aryl methyl sites for hydroxylation is 1. The number of ether oxygens (including phenoxy) is 1. The average Bonchev–Trinajstić information content (AvgIpc) is 2.66. The van der Waals surface area contributed by atoms with Gasteiger partial charge in [-0.2, -0.15) is 0 Å². The molecule has 1 aromatic carbocycles. The summed E-state index contributed by atoms with van der Waals surface area (Å²) in [5.74, 6) is 2.43. The summed E-state index contributed by atoms with van der Waals surface area (Å²) in [4.78, 5) is 23.1. The van der Waals surface area contributed by atoms with E-state index in [1.807, 2.05) is 43.3 Å². The van der Waals surface area contributed by atoms with Crippen LogP contribution in [0.1, 0.15) is 11.4 Å². The molecule has 0 spiro atoms. The molecule has 7 nitrogen and oxygen atoms in total. The van der Waals surface area contributed by atoms with Crippen LogP contribution in [0.4, 0.5) is 11.6 Å². The lowest BCUT2D eigenvalue weighted by Crippen LogP contribution is -2.37. The molecule has 1 amide bonds. The van der Waals surface area contributed by atoms with Crippen LogP contribution in [0.2, 0.25) is 0 Å². The number of nitrogens with one attached hydrogen (secondary N) is 2. The van der Waals surface area contributed by atoms with E-state index in [9.17, 15) is 4.79 Å². The van der Waals surface area contributed by atoms with Crippen molar-refractivity contribution in [2.45, 2.75) is 13.3 Å². The number of carbonyl (C=O) groups excluding carboxylic acids is 1. The standard InChI is InChI=1S/C19H25N5O2/c1-15-22-17(14-18(23-15)24-9-11-26-12-10-24)20-7-8-21-19(25)13-16-5-3-2-4-6-16/h2-6,14H,7-13H2,1H3,(H,21,25)(H,20,22,23). The van der Waals surface area contributed by atoms with Gasteiger partial charge >= 0.3 is 0 Å². The summed E-state index contributed by atoms with van der Waals surface area (Å²) in [6.07, 6.45) is 0.397. The molecule has 0 atom stereocenters. The summed E-state index contributed by atoms with van der Waals surface area (Å²) >= 11 is 0. The maximum absolute atomic E-state index is 12.0. The minimum Gasteiger partial charge on any atom is -0.378 e. The lowest BCUT2D eigenvalue weighted by atomic mass is 10.1. The minimum absolute atomic E-state index is 0.0193. The maximum atomic E-state index is 12.0. The molecule has 1 saturated heterocycles. The monoisotopic (exact) mass is 355 g/mol. The van der Waals surface area contributed by atoms with Gasteiger partial charge in [0, 0.05) is 32.2 Å². The number of hydrogen-bond donors (Lipinski definition) is 2. The first-order valence-electron chi connectivity index (χ1n) is 8.93. The fourth-order valence-corrected chi connectivity index (χ4v) is 2.83. The Morgan fingerprint density at radius 2 is 1.92 bits per heavy atom. The number of aromatic nitrogens is 2. The van der Waals surface area contributed by atoms with Gasteiger partial charge < -0.3 is 20.3 Å². The number of morpholine rings is 1. The fourth-order valence-electron chi connectivity index (χ4n) is 2.83. The van der Waals surface area contributed by atoms with Gasteiger partial charge in [-0.1, -0.05) is 30.3 Å². The van der Waals surface area contributed by atoms with Crippen LogP contribution in [0.15, 0.2) is 36.4 Å². The molecule has 1 aliphatic rings. The first-order chi connectivity index (χ1) is 12.7. The van der Waals surface area contributed by atoms with Crippen LogP contribution in [0.5, 0.6) is 0 Å². The summed E-state index contributed by atoms with van der Waals surface area (Å²) in [6.45, 7) is 6.16. The van der Waals surface area contributed by atoms with Gasteiger partial charge in [0.25, 0.3) is 0 Å². The van der Waals surface area contributed by atoms with Crippen molar-refractivity contribution in [2.24, 2.45) is 0 Å². The van der Waals surface area contributed by atoms with Gasteiger partial charge in [0.15, 0.2) is 0 Å². The Morgan fingerprint density at radius 1 is 1.15 bits per heavy atom. The molecule has 2 N–H and O–H groups in total. The van der Waals surface area contributed by atoms with Crippen molar-refractivity contribution in [3.05, 3.63) is 47.8 Å². The smallest absolute Gasteiger partial charge is 0.224 e. The van der Waals surface area contributed by atoms with Crippen molar-refractivity contribution >= 4 is 17.5 Å². The Kier molecular flexibility index (Phi) is 6.38. The van der Waals surface area contributed by atoms with E-state index < -0.39 is 0 Å². The maximum Gasteiger partial charge on any atom is 0.224 e. The van der Waals surface area contributed by atoms with Crippen molar-refractivity contribution in [2.75, 3.05) is 49.6 Å². The normalized spacial score (nSPS) is 14.1. The Labute approximate surface area is 153 Å². The molecule has 1 fully saturated rings. The molecule has 1 aliphatic heterocycles. The molecular formula is C19H25N5O2. The molecule has 26 heavy (non-hydrogen) atoms. The van der Waals surface area contributed by atoms with Gasteiger partial charge in [0.2, 0.25) is 5.91 Å². The zero-order valence-electron chi connectivity index (χ0n) is 15.1. The topological polar surface area (TPSA) is 79.4 Å². The van der Waals surface area contributed by atoms with Gasteiger partial charge in [-0.25, -0.2) is 9.97 Å². The van der Waals surface area contributed by atoms with Crippen molar-refractivity contribution in [1.82, 2.24) is 15.3 Å². The van der Waals surface area contributed by atoms with Crippen LogP contribution in [0, 0.1) is 6.92 Å². The Morgan fingerprint density at radius 3 is 2.69 bits per heavy atom. The Balaban J connectivity index is 1.45. The third-order valence-electron chi connectivity index (χ3n) is 4.12. The quantitative estimate of drug-likeness (QED) is 0.731. The van der Waals surface area contributed by atoms with Crippen molar-refractivity contribution in [1.29, 1.82) is 0 Å². The molecule has 2 heterocycles. The second kappa shape index (κ2) is 9.15. The molecule has 0 bridgehead atoms. The zero-order valence-corrected chi connectivity index (χ0v) is 15.1. The van der Waals surface area contributed by atoms with Crippen molar-refractivity contribution in [3.63, 3.8) is 0 Å². The minimum atomic E-state index is 0.0193. The molecule has 7 heteroatoms. The highest BCUT2D eigenvalue weighted by molar-refractivity contribution is 5.78. The Hall–Kier alpha value is -2.67. The van der Waals surface area contributed by atoms with Gasteiger partial charge in [-0.15, -0.1) is 0 Å². The average molecular weight is 355 g/mol. The van der Waals surface area contributed by atoms with Gasteiger partial charge in [-0.05, 0) is 12.5 Å². The SMILES string of the molecule is Cc1nc(NCCNC(=O)Cc2ccccc2)cc(N2CCOCC2)n1. The predicted octanol–water partition coefficient (Wildman–Crippen LogP) is 1.39. The van der Waals surface area contributed by atoms with Crippen LogP contribution in [0.25, 0.3) is 0 Å². The second-order valence-electron chi connectivity index (χ2n) is 6.20. The van der Waals surface area contributed by atoms with E-state index in [-0.39, 0.29) is 5.91 Å². The van der Waals surface area contributed by atoms with Crippen LogP contribution >= 0.6 is 0 Å². The number of amides is 1. The number of nitrogens with zero attached hydrogens (tertiary/aromatic N) is 3.